The van der Waals surface area contributed by atoms with Crippen LogP contribution in [-0.4, -0.2) is 32.7 Å². The van der Waals surface area contributed by atoms with Gasteiger partial charge in [0.05, 0.1) is 13.0 Å². The lowest BCUT2D eigenvalue weighted by Gasteiger charge is -2.17. The SMILES string of the molecule is CNC(=O)Cc1ccccc1NC(C)COC. The Bertz CT molecular complexity index is 366. The predicted octanol–water partition coefficient (Wildman–Crippen LogP) is 1.42. The molecule has 0 bridgehead atoms. The Morgan fingerprint density at radius 2 is 2.12 bits per heavy atom. The number of methoxy groups -OCH3 is 1. The van der Waals surface area contributed by atoms with Gasteiger partial charge >= 0.3 is 0 Å². The number of benzene rings is 1. The number of rotatable bonds is 6. The first kappa shape index (κ1) is 13.5. The summed E-state index contributed by atoms with van der Waals surface area (Å²) in [6.07, 6.45) is 0.388. The fourth-order valence-electron chi connectivity index (χ4n) is 1.63. The zero-order valence-corrected chi connectivity index (χ0v) is 10.6. The molecule has 2 N–H and O–H groups in total. The second kappa shape index (κ2) is 6.91. The number of anilines is 1. The molecule has 4 nitrogen and oxygen atoms in total. The molecule has 0 saturated carbocycles. The molecule has 17 heavy (non-hydrogen) atoms. The average Bonchev–Trinajstić information content (AvgIpc) is 2.31. The van der Waals surface area contributed by atoms with E-state index in [-0.39, 0.29) is 11.9 Å². The van der Waals surface area contributed by atoms with Crippen LogP contribution in [0.3, 0.4) is 0 Å². The molecule has 0 fully saturated rings. The third-order valence-corrected chi connectivity index (χ3v) is 2.47. The van der Waals surface area contributed by atoms with Crippen molar-refractivity contribution in [1.29, 1.82) is 0 Å². The van der Waals surface area contributed by atoms with E-state index in [1.807, 2.05) is 31.2 Å². The molecule has 0 saturated heterocycles. The Labute approximate surface area is 102 Å². The molecule has 4 heteroatoms. The molecule has 1 rings (SSSR count). The van der Waals surface area contributed by atoms with Gasteiger partial charge in [-0.2, -0.15) is 0 Å². The average molecular weight is 236 g/mol. The van der Waals surface area contributed by atoms with Crippen molar-refractivity contribution in [2.45, 2.75) is 19.4 Å². The molecule has 1 aromatic rings. The van der Waals surface area contributed by atoms with Crippen LogP contribution in [0.4, 0.5) is 5.69 Å². The summed E-state index contributed by atoms with van der Waals surface area (Å²) in [5.41, 5.74) is 1.98. The van der Waals surface area contributed by atoms with Gasteiger partial charge in [0.2, 0.25) is 5.91 Å². The van der Waals surface area contributed by atoms with Crippen molar-refractivity contribution in [3.8, 4) is 0 Å². The second-order valence-electron chi connectivity index (χ2n) is 4.01. The second-order valence-corrected chi connectivity index (χ2v) is 4.01. The third-order valence-electron chi connectivity index (χ3n) is 2.47. The zero-order valence-electron chi connectivity index (χ0n) is 10.6. The number of ether oxygens (including phenoxy) is 1. The van der Waals surface area contributed by atoms with Crippen LogP contribution in [0.5, 0.6) is 0 Å². The van der Waals surface area contributed by atoms with Crippen LogP contribution in [-0.2, 0) is 16.0 Å². The number of likely N-dealkylation sites (N-methyl/N-ethyl adjacent to an activating group) is 1. The highest BCUT2D eigenvalue weighted by atomic mass is 16.5. The minimum absolute atomic E-state index is 0.0126. The van der Waals surface area contributed by atoms with Gasteiger partial charge in [-0.1, -0.05) is 18.2 Å². The Morgan fingerprint density at radius 3 is 2.76 bits per heavy atom. The van der Waals surface area contributed by atoms with Gasteiger partial charge < -0.3 is 15.4 Å². The molecule has 0 aromatic heterocycles. The van der Waals surface area contributed by atoms with E-state index in [1.165, 1.54) is 0 Å². The number of carbonyl (C=O) groups excluding carboxylic acids is 1. The molecule has 94 valence electrons. The fraction of sp³-hybridized carbons (Fsp3) is 0.462. The summed E-state index contributed by atoms with van der Waals surface area (Å²) in [4.78, 5) is 11.4. The smallest absolute Gasteiger partial charge is 0.224 e. The number of nitrogens with one attached hydrogen (secondary N) is 2. The van der Waals surface area contributed by atoms with Gasteiger partial charge in [0, 0.05) is 25.9 Å². The highest BCUT2D eigenvalue weighted by molar-refractivity contribution is 5.80. The molecule has 0 aliphatic rings. The molecule has 0 heterocycles. The molecule has 1 atom stereocenters. The lowest BCUT2D eigenvalue weighted by atomic mass is 10.1. The first-order valence-electron chi connectivity index (χ1n) is 5.71. The lowest BCUT2D eigenvalue weighted by molar-refractivity contribution is -0.119. The van der Waals surface area contributed by atoms with Crippen LogP contribution in [0.2, 0.25) is 0 Å². The van der Waals surface area contributed by atoms with Gasteiger partial charge in [-0.15, -0.1) is 0 Å². The summed E-state index contributed by atoms with van der Waals surface area (Å²) in [5, 5.41) is 5.96. The molecule has 0 spiro atoms. The molecule has 1 unspecified atom stereocenters. The van der Waals surface area contributed by atoms with Crippen molar-refractivity contribution >= 4 is 11.6 Å². The minimum Gasteiger partial charge on any atom is -0.383 e. The van der Waals surface area contributed by atoms with E-state index in [0.29, 0.717) is 13.0 Å². The summed E-state index contributed by atoms with van der Waals surface area (Å²) in [5.74, 6) is 0.0126. The van der Waals surface area contributed by atoms with Crippen molar-refractivity contribution in [3.05, 3.63) is 29.8 Å². The standard InChI is InChI=1S/C13H20N2O2/c1-10(9-17-3)15-12-7-5-4-6-11(12)8-13(16)14-2/h4-7,10,15H,8-9H2,1-3H3,(H,14,16). The molecule has 0 radical (unpaired) electrons. The van der Waals surface area contributed by atoms with Gasteiger partial charge in [-0.05, 0) is 18.6 Å². The topological polar surface area (TPSA) is 50.4 Å². The van der Waals surface area contributed by atoms with E-state index in [1.54, 1.807) is 14.2 Å². The van der Waals surface area contributed by atoms with Gasteiger partial charge in [0.1, 0.15) is 0 Å². The van der Waals surface area contributed by atoms with Crippen LogP contribution in [0.15, 0.2) is 24.3 Å². The Morgan fingerprint density at radius 1 is 1.41 bits per heavy atom. The number of para-hydroxylation sites is 1. The van der Waals surface area contributed by atoms with Crippen molar-refractivity contribution in [1.82, 2.24) is 5.32 Å². The molecule has 0 aliphatic heterocycles. The largest absolute Gasteiger partial charge is 0.383 e. The third kappa shape index (κ3) is 4.44. The minimum atomic E-state index is 0.0126. The normalized spacial score (nSPS) is 11.9. The van der Waals surface area contributed by atoms with Crippen molar-refractivity contribution in [3.63, 3.8) is 0 Å². The van der Waals surface area contributed by atoms with Crippen LogP contribution in [0.1, 0.15) is 12.5 Å². The number of hydrogen-bond acceptors (Lipinski definition) is 3. The molecule has 1 aromatic carbocycles. The fourth-order valence-corrected chi connectivity index (χ4v) is 1.63. The van der Waals surface area contributed by atoms with Crippen LogP contribution in [0.25, 0.3) is 0 Å². The highest BCUT2D eigenvalue weighted by Gasteiger charge is 2.08. The molecule has 0 aliphatic carbocycles. The van der Waals surface area contributed by atoms with Crippen molar-refractivity contribution in [2.24, 2.45) is 0 Å². The van der Waals surface area contributed by atoms with Crippen molar-refractivity contribution < 1.29 is 9.53 Å². The summed E-state index contributed by atoms with van der Waals surface area (Å²) in [6, 6.07) is 8.03. The van der Waals surface area contributed by atoms with Gasteiger partial charge in [-0.3, -0.25) is 4.79 Å². The monoisotopic (exact) mass is 236 g/mol. The number of carbonyl (C=O) groups is 1. The molecule has 1 amide bonds. The van der Waals surface area contributed by atoms with Crippen molar-refractivity contribution in [2.75, 3.05) is 26.1 Å². The van der Waals surface area contributed by atoms with E-state index in [9.17, 15) is 4.79 Å². The van der Waals surface area contributed by atoms with Crippen LogP contribution < -0.4 is 10.6 Å². The maximum atomic E-state index is 11.4. The van der Waals surface area contributed by atoms with E-state index in [4.69, 9.17) is 4.74 Å². The van der Waals surface area contributed by atoms with Gasteiger partial charge in [0.25, 0.3) is 0 Å². The quantitative estimate of drug-likeness (QED) is 0.785. The van der Waals surface area contributed by atoms with E-state index in [2.05, 4.69) is 10.6 Å². The van der Waals surface area contributed by atoms with E-state index < -0.39 is 0 Å². The lowest BCUT2D eigenvalue weighted by Crippen LogP contribution is -2.24. The van der Waals surface area contributed by atoms with E-state index in [0.717, 1.165) is 11.3 Å². The van der Waals surface area contributed by atoms with E-state index >= 15 is 0 Å². The predicted molar refractivity (Wildman–Crippen MR) is 69.2 cm³/mol. The Kier molecular flexibility index (Phi) is 5.49. The van der Waals surface area contributed by atoms with Crippen LogP contribution >= 0.6 is 0 Å². The summed E-state index contributed by atoms with van der Waals surface area (Å²) in [7, 11) is 3.32. The molecular weight excluding hydrogens is 216 g/mol. The zero-order chi connectivity index (χ0) is 12.7. The highest BCUT2D eigenvalue weighted by Crippen LogP contribution is 2.16. The maximum Gasteiger partial charge on any atom is 0.224 e. The number of hydrogen-bond donors (Lipinski definition) is 2. The first-order valence-corrected chi connectivity index (χ1v) is 5.71. The summed E-state index contributed by atoms with van der Waals surface area (Å²) < 4.78 is 5.08. The van der Waals surface area contributed by atoms with Crippen LogP contribution in [0, 0.1) is 0 Å². The first-order chi connectivity index (χ1) is 8.17. The van der Waals surface area contributed by atoms with Gasteiger partial charge in [-0.25, -0.2) is 0 Å². The summed E-state index contributed by atoms with van der Waals surface area (Å²) in [6.45, 7) is 2.68. The Balaban J connectivity index is 2.73. The van der Waals surface area contributed by atoms with Gasteiger partial charge in [0.15, 0.2) is 0 Å². The molecular formula is C13H20N2O2. The summed E-state index contributed by atoms with van der Waals surface area (Å²) >= 11 is 0. The maximum absolute atomic E-state index is 11.4. The number of amides is 1. The Hall–Kier alpha value is -1.55.